The average molecular weight is 303 g/mol. The largest absolute Gasteiger partial charge is 0.496 e. The van der Waals surface area contributed by atoms with E-state index in [2.05, 4.69) is 5.32 Å². The smallest absolute Gasteiger partial charge is 0.307 e. The molecule has 1 amide bonds. The van der Waals surface area contributed by atoms with Gasteiger partial charge in [-0.1, -0.05) is 30.4 Å². The Balaban J connectivity index is 1.89. The molecule has 1 aromatic carbocycles. The molecule has 1 aliphatic carbocycles. The Hall–Kier alpha value is -2.30. The van der Waals surface area contributed by atoms with Crippen molar-refractivity contribution in [1.82, 2.24) is 5.32 Å². The van der Waals surface area contributed by atoms with E-state index in [1.807, 2.05) is 36.4 Å². The molecule has 118 valence electrons. The highest BCUT2D eigenvalue weighted by atomic mass is 16.5. The second-order valence-corrected chi connectivity index (χ2v) is 5.35. The molecule has 2 N–H and O–H groups in total. The minimum atomic E-state index is -0.908. The van der Waals surface area contributed by atoms with E-state index in [-0.39, 0.29) is 5.91 Å². The van der Waals surface area contributed by atoms with Gasteiger partial charge in [0.2, 0.25) is 5.91 Å². The first-order valence-corrected chi connectivity index (χ1v) is 7.41. The third-order valence-corrected chi connectivity index (χ3v) is 3.97. The molecule has 2 atom stereocenters. The lowest BCUT2D eigenvalue weighted by atomic mass is 9.82. The topological polar surface area (TPSA) is 75.6 Å². The predicted octanol–water partition coefficient (Wildman–Crippen LogP) is 2.02. The van der Waals surface area contributed by atoms with Gasteiger partial charge in [-0.2, -0.15) is 0 Å². The lowest BCUT2D eigenvalue weighted by Gasteiger charge is -2.24. The monoisotopic (exact) mass is 303 g/mol. The fourth-order valence-corrected chi connectivity index (χ4v) is 2.74. The number of carboxylic acid groups (broad SMARTS) is 1. The van der Waals surface area contributed by atoms with E-state index in [0.717, 1.165) is 11.3 Å². The Morgan fingerprint density at radius 3 is 2.59 bits per heavy atom. The molecule has 0 aromatic heterocycles. The Morgan fingerprint density at radius 2 is 1.91 bits per heavy atom. The van der Waals surface area contributed by atoms with Crippen molar-refractivity contribution in [3.63, 3.8) is 0 Å². The first-order valence-electron chi connectivity index (χ1n) is 7.41. The zero-order valence-electron chi connectivity index (χ0n) is 12.6. The molecule has 5 nitrogen and oxygen atoms in total. The maximum atomic E-state index is 12.2. The molecular formula is C17H21NO4. The highest BCUT2D eigenvalue weighted by Gasteiger charge is 2.33. The summed E-state index contributed by atoms with van der Waals surface area (Å²) in [6, 6.07) is 7.65. The predicted molar refractivity (Wildman–Crippen MR) is 82.7 cm³/mol. The van der Waals surface area contributed by atoms with Gasteiger partial charge in [0.1, 0.15) is 5.75 Å². The molecule has 1 aliphatic rings. The van der Waals surface area contributed by atoms with E-state index in [1.165, 1.54) is 0 Å². The zero-order valence-corrected chi connectivity index (χ0v) is 12.6. The number of rotatable bonds is 6. The van der Waals surface area contributed by atoms with Crippen LogP contribution < -0.4 is 10.1 Å². The van der Waals surface area contributed by atoms with Crippen LogP contribution in [-0.2, 0) is 16.0 Å². The Morgan fingerprint density at radius 1 is 1.23 bits per heavy atom. The van der Waals surface area contributed by atoms with Gasteiger partial charge in [0.05, 0.1) is 18.9 Å². The van der Waals surface area contributed by atoms with Crippen LogP contribution in [0.2, 0.25) is 0 Å². The number of ether oxygens (including phenoxy) is 1. The Kier molecular flexibility index (Phi) is 5.58. The second kappa shape index (κ2) is 7.64. The van der Waals surface area contributed by atoms with Crippen molar-refractivity contribution in [2.75, 3.05) is 13.7 Å². The summed E-state index contributed by atoms with van der Waals surface area (Å²) in [5, 5.41) is 12.0. The van der Waals surface area contributed by atoms with Crippen molar-refractivity contribution in [3.8, 4) is 5.75 Å². The van der Waals surface area contributed by atoms with E-state index in [4.69, 9.17) is 4.74 Å². The molecule has 5 heteroatoms. The summed E-state index contributed by atoms with van der Waals surface area (Å²) in [7, 11) is 1.61. The summed E-state index contributed by atoms with van der Waals surface area (Å²) in [4.78, 5) is 23.4. The Labute approximate surface area is 130 Å². The van der Waals surface area contributed by atoms with E-state index in [9.17, 15) is 14.7 Å². The number of aliphatic carboxylic acids is 1. The molecule has 2 rings (SSSR count). The number of carbonyl (C=O) groups is 2. The molecule has 0 saturated heterocycles. The fraction of sp³-hybridized carbons (Fsp3) is 0.412. The number of carboxylic acids is 1. The van der Waals surface area contributed by atoms with Gasteiger partial charge >= 0.3 is 5.97 Å². The van der Waals surface area contributed by atoms with Crippen molar-refractivity contribution in [3.05, 3.63) is 42.0 Å². The van der Waals surface area contributed by atoms with Crippen molar-refractivity contribution in [2.24, 2.45) is 11.8 Å². The van der Waals surface area contributed by atoms with Crippen LogP contribution in [0.25, 0.3) is 0 Å². The first kappa shape index (κ1) is 16.1. The summed E-state index contributed by atoms with van der Waals surface area (Å²) in [5.41, 5.74) is 1.02. The minimum absolute atomic E-state index is 0.188. The molecule has 0 unspecified atom stereocenters. The van der Waals surface area contributed by atoms with Crippen LogP contribution in [0.15, 0.2) is 36.4 Å². The summed E-state index contributed by atoms with van der Waals surface area (Å²) < 4.78 is 5.27. The van der Waals surface area contributed by atoms with E-state index in [1.54, 1.807) is 7.11 Å². The van der Waals surface area contributed by atoms with Crippen LogP contribution in [0.3, 0.4) is 0 Å². The third-order valence-electron chi connectivity index (χ3n) is 3.97. The number of hydrogen-bond acceptors (Lipinski definition) is 3. The van der Waals surface area contributed by atoms with Crippen LogP contribution in [0, 0.1) is 11.8 Å². The van der Waals surface area contributed by atoms with Gasteiger partial charge < -0.3 is 15.2 Å². The molecule has 0 aliphatic heterocycles. The third kappa shape index (κ3) is 3.87. The lowest BCUT2D eigenvalue weighted by Crippen LogP contribution is -2.39. The maximum Gasteiger partial charge on any atom is 0.307 e. The SMILES string of the molecule is COc1ccccc1CCNC(=O)[C@@H]1CC=CC[C@@H]1C(=O)O. The van der Waals surface area contributed by atoms with Gasteiger partial charge in [-0.15, -0.1) is 0 Å². The van der Waals surface area contributed by atoms with E-state index in [0.29, 0.717) is 25.8 Å². The number of allylic oxidation sites excluding steroid dienone is 2. The van der Waals surface area contributed by atoms with Crippen LogP contribution in [-0.4, -0.2) is 30.6 Å². The van der Waals surface area contributed by atoms with Crippen LogP contribution >= 0.6 is 0 Å². The van der Waals surface area contributed by atoms with Gasteiger partial charge in [-0.05, 0) is 30.9 Å². The first-order chi connectivity index (χ1) is 10.6. The van der Waals surface area contributed by atoms with Crippen LogP contribution in [0.1, 0.15) is 18.4 Å². The number of benzene rings is 1. The van der Waals surface area contributed by atoms with Crippen molar-refractivity contribution < 1.29 is 19.4 Å². The van der Waals surface area contributed by atoms with Crippen LogP contribution in [0.4, 0.5) is 0 Å². The minimum Gasteiger partial charge on any atom is -0.496 e. The molecule has 1 aromatic rings. The molecule has 22 heavy (non-hydrogen) atoms. The molecular weight excluding hydrogens is 282 g/mol. The van der Waals surface area contributed by atoms with E-state index >= 15 is 0 Å². The van der Waals surface area contributed by atoms with Crippen molar-refractivity contribution >= 4 is 11.9 Å². The molecule has 0 radical (unpaired) electrons. The maximum absolute atomic E-state index is 12.2. The summed E-state index contributed by atoms with van der Waals surface area (Å²) in [6.45, 7) is 0.464. The molecule has 0 heterocycles. The number of nitrogens with one attached hydrogen (secondary N) is 1. The molecule has 0 saturated carbocycles. The van der Waals surface area contributed by atoms with Crippen molar-refractivity contribution in [2.45, 2.75) is 19.3 Å². The zero-order chi connectivity index (χ0) is 15.9. The van der Waals surface area contributed by atoms with E-state index < -0.39 is 17.8 Å². The van der Waals surface area contributed by atoms with Gasteiger partial charge in [0.15, 0.2) is 0 Å². The highest BCUT2D eigenvalue weighted by molar-refractivity contribution is 5.85. The van der Waals surface area contributed by atoms with Gasteiger partial charge in [-0.3, -0.25) is 9.59 Å². The standard InChI is InChI=1S/C17H21NO4/c1-22-15-9-5-2-6-12(15)10-11-18-16(19)13-7-3-4-8-14(13)17(20)21/h2-6,9,13-14H,7-8,10-11H2,1H3,(H,18,19)(H,20,21)/t13-,14+/m1/s1. The molecule has 0 bridgehead atoms. The van der Waals surface area contributed by atoms with Gasteiger partial charge in [0, 0.05) is 6.54 Å². The number of amides is 1. The van der Waals surface area contributed by atoms with Crippen LogP contribution in [0.5, 0.6) is 5.75 Å². The van der Waals surface area contributed by atoms with Gasteiger partial charge in [0.25, 0.3) is 0 Å². The lowest BCUT2D eigenvalue weighted by molar-refractivity contribution is -0.147. The summed E-state index contributed by atoms with van der Waals surface area (Å²) in [6.07, 6.45) is 5.26. The number of carbonyl (C=O) groups excluding carboxylic acids is 1. The molecule has 0 fully saturated rings. The Bertz CT molecular complexity index is 568. The van der Waals surface area contributed by atoms with Gasteiger partial charge in [-0.25, -0.2) is 0 Å². The average Bonchev–Trinajstić information content (AvgIpc) is 2.55. The fourth-order valence-electron chi connectivity index (χ4n) is 2.74. The second-order valence-electron chi connectivity index (χ2n) is 5.35. The van der Waals surface area contributed by atoms with Crippen molar-refractivity contribution in [1.29, 1.82) is 0 Å². The number of hydrogen-bond donors (Lipinski definition) is 2. The summed E-state index contributed by atoms with van der Waals surface area (Å²) in [5.74, 6) is -1.42. The quantitative estimate of drug-likeness (QED) is 0.788. The number of para-hydroxylation sites is 1. The molecule has 0 spiro atoms. The number of methoxy groups -OCH3 is 1. The normalized spacial score (nSPS) is 20.4. The summed E-state index contributed by atoms with van der Waals surface area (Å²) >= 11 is 0. The highest BCUT2D eigenvalue weighted by Crippen LogP contribution is 2.26.